The van der Waals surface area contributed by atoms with Crippen molar-refractivity contribution in [2.45, 2.75) is 26.8 Å². The Kier molecular flexibility index (Phi) is 8.15. The smallest absolute Gasteiger partial charge is 0.252 e. The number of methoxy groups -OCH3 is 2. The van der Waals surface area contributed by atoms with E-state index in [4.69, 9.17) is 9.47 Å². The second-order valence-corrected chi connectivity index (χ2v) is 8.71. The molecule has 1 fully saturated rings. The van der Waals surface area contributed by atoms with Crippen LogP contribution >= 0.6 is 0 Å². The standard InChI is InChI=1S/C26H33N3O5/c1-17(2)24(27-25(31)20-14-22(33-4)16-23(15-20)34-5)26(32)29-12-10-28(11-13-29)21-8-6-19(7-9-21)18(3)30/h6-9,14-17,24H,10-13H2,1-5H3,(H,27,31)/t24-/m0/s1. The van der Waals surface area contributed by atoms with Gasteiger partial charge in [-0.3, -0.25) is 14.4 Å². The monoisotopic (exact) mass is 467 g/mol. The van der Waals surface area contributed by atoms with Crippen molar-refractivity contribution in [3.63, 3.8) is 0 Å². The highest BCUT2D eigenvalue weighted by molar-refractivity contribution is 5.98. The van der Waals surface area contributed by atoms with Crippen molar-refractivity contribution in [2.24, 2.45) is 5.92 Å². The Morgan fingerprint density at radius 1 is 0.853 bits per heavy atom. The molecule has 1 heterocycles. The van der Waals surface area contributed by atoms with Gasteiger partial charge < -0.3 is 24.6 Å². The maximum absolute atomic E-state index is 13.3. The highest BCUT2D eigenvalue weighted by atomic mass is 16.5. The molecule has 1 atom stereocenters. The maximum atomic E-state index is 13.3. The summed E-state index contributed by atoms with van der Waals surface area (Å²) in [6, 6.07) is 11.8. The quantitative estimate of drug-likeness (QED) is 0.601. The Bertz CT molecular complexity index is 1000. The van der Waals surface area contributed by atoms with Crippen LogP contribution in [0.4, 0.5) is 5.69 Å². The van der Waals surface area contributed by atoms with Crippen LogP contribution in [0.3, 0.4) is 0 Å². The fraction of sp³-hybridized carbons (Fsp3) is 0.423. The van der Waals surface area contributed by atoms with E-state index in [0.717, 1.165) is 5.69 Å². The molecule has 1 aliphatic rings. The lowest BCUT2D eigenvalue weighted by molar-refractivity contribution is -0.134. The molecule has 0 aromatic heterocycles. The summed E-state index contributed by atoms with van der Waals surface area (Å²) < 4.78 is 10.5. The number of nitrogens with one attached hydrogen (secondary N) is 1. The molecule has 0 aliphatic carbocycles. The number of anilines is 1. The van der Waals surface area contributed by atoms with Gasteiger partial charge in [0.25, 0.3) is 5.91 Å². The van der Waals surface area contributed by atoms with Crippen molar-refractivity contribution in [2.75, 3.05) is 45.3 Å². The number of Topliss-reactive ketones (excluding diaryl/α,β-unsaturated/α-hetero) is 1. The van der Waals surface area contributed by atoms with E-state index in [1.54, 1.807) is 30.0 Å². The van der Waals surface area contributed by atoms with Gasteiger partial charge in [-0.25, -0.2) is 0 Å². The maximum Gasteiger partial charge on any atom is 0.252 e. The minimum absolute atomic E-state index is 0.0381. The van der Waals surface area contributed by atoms with Crippen LogP contribution in [0, 0.1) is 5.92 Å². The molecular formula is C26H33N3O5. The number of carbonyl (C=O) groups excluding carboxylic acids is 3. The molecule has 0 unspecified atom stereocenters. The molecular weight excluding hydrogens is 434 g/mol. The number of carbonyl (C=O) groups is 3. The van der Waals surface area contributed by atoms with Gasteiger partial charge in [-0.1, -0.05) is 13.8 Å². The van der Waals surface area contributed by atoms with Crippen molar-refractivity contribution in [3.8, 4) is 11.5 Å². The Morgan fingerprint density at radius 2 is 1.41 bits per heavy atom. The average molecular weight is 468 g/mol. The van der Waals surface area contributed by atoms with E-state index < -0.39 is 6.04 Å². The summed E-state index contributed by atoms with van der Waals surface area (Å²) in [5, 5.41) is 2.91. The number of rotatable bonds is 8. The second-order valence-electron chi connectivity index (χ2n) is 8.71. The molecule has 2 amide bonds. The average Bonchev–Trinajstić information content (AvgIpc) is 2.86. The Hall–Kier alpha value is -3.55. The number of piperazine rings is 1. The molecule has 8 heteroatoms. The molecule has 1 saturated heterocycles. The van der Waals surface area contributed by atoms with Gasteiger partial charge in [-0.2, -0.15) is 0 Å². The first-order valence-corrected chi connectivity index (χ1v) is 11.4. The summed E-state index contributed by atoms with van der Waals surface area (Å²) in [6.07, 6.45) is 0. The number of nitrogens with zero attached hydrogens (tertiary/aromatic N) is 2. The summed E-state index contributed by atoms with van der Waals surface area (Å²) in [5.74, 6) is 0.518. The first kappa shape index (κ1) is 25.1. The number of hydrogen-bond donors (Lipinski definition) is 1. The number of ketones is 1. The number of ether oxygens (including phenoxy) is 2. The molecule has 2 aromatic rings. The van der Waals surface area contributed by atoms with Gasteiger partial charge in [0.15, 0.2) is 5.78 Å². The molecule has 0 radical (unpaired) electrons. The van der Waals surface area contributed by atoms with Gasteiger partial charge in [0.05, 0.1) is 14.2 Å². The summed E-state index contributed by atoms with van der Waals surface area (Å²) in [5.41, 5.74) is 2.08. The fourth-order valence-electron chi connectivity index (χ4n) is 3.97. The Balaban J connectivity index is 1.65. The minimum atomic E-state index is -0.647. The predicted molar refractivity (Wildman–Crippen MR) is 131 cm³/mol. The highest BCUT2D eigenvalue weighted by Crippen LogP contribution is 2.23. The topological polar surface area (TPSA) is 88.2 Å². The van der Waals surface area contributed by atoms with E-state index in [2.05, 4.69) is 10.2 Å². The third-order valence-electron chi connectivity index (χ3n) is 6.06. The van der Waals surface area contributed by atoms with Crippen molar-refractivity contribution < 1.29 is 23.9 Å². The summed E-state index contributed by atoms with van der Waals surface area (Å²) >= 11 is 0. The van der Waals surface area contributed by atoms with Crippen molar-refractivity contribution in [1.82, 2.24) is 10.2 Å². The van der Waals surface area contributed by atoms with Gasteiger partial charge in [0.2, 0.25) is 5.91 Å². The second kappa shape index (κ2) is 11.0. The van der Waals surface area contributed by atoms with Crippen LogP contribution in [0.1, 0.15) is 41.5 Å². The molecule has 1 aliphatic heterocycles. The molecule has 8 nitrogen and oxygen atoms in total. The van der Waals surface area contributed by atoms with E-state index in [1.807, 2.05) is 38.1 Å². The van der Waals surface area contributed by atoms with Gasteiger partial charge in [0, 0.05) is 49.1 Å². The summed E-state index contributed by atoms with van der Waals surface area (Å²) in [6.45, 7) is 7.85. The van der Waals surface area contributed by atoms with E-state index in [1.165, 1.54) is 14.2 Å². The van der Waals surface area contributed by atoms with E-state index in [0.29, 0.717) is 48.8 Å². The van der Waals surface area contributed by atoms with Crippen molar-refractivity contribution >= 4 is 23.3 Å². The minimum Gasteiger partial charge on any atom is -0.497 e. The van der Waals surface area contributed by atoms with Crippen molar-refractivity contribution in [1.29, 1.82) is 0 Å². The third-order valence-corrected chi connectivity index (χ3v) is 6.06. The number of hydrogen-bond acceptors (Lipinski definition) is 6. The van der Waals surface area contributed by atoms with Crippen LogP contribution in [0.15, 0.2) is 42.5 Å². The summed E-state index contributed by atoms with van der Waals surface area (Å²) in [7, 11) is 3.04. The van der Waals surface area contributed by atoms with Crippen LogP contribution in [0.2, 0.25) is 0 Å². The molecule has 1 N–H and O–H groups in total. The SMILES string of the molecule is COc1cc(OC)cc(C(=O)N[C@H](C(=O)N2CCN(c3ccc(C(C)=O)cc3)CC2)C(C)C)c1. The van der Waals surface area contributed by atoms with E-state index in [-0.39, 0.29) is 23.5 Å². The van der Waals surface area contributed by atoms with Gasteiger partial charge in [-0.15, -0.1) is 0 Å². The molecule has 3 rings (SSSR count). The Morgan fingerprint density at radius 3 is 1.88 bits per heavy atom. The molecule has 182 valence electrons. The zero-order chi connectivity index (χ0) is 24.8. The Labute approximate surface area is 200 Å². The van der Waals surface area contributed by atoms with Crippen LogP contribution in [0.25, 0.3) is 0 Å². The lowest BCUT2D eigenvalue weighted by Crippen LogP contribution is -2.56. The van der Waals surface area contributed by atoms with E-state index >= 15 is 0 Å². The predicted octanol–water partition coefficient (Wildman–Crippen LogP) is 3.01. The highest BCUT2D eigenvalue weighted by Gasteiger charge is 2.31. The van der Waals surface area contributed by atoms with Gasteiger partial charge in [0.1, 0.15) is 17.5 Å². The zero-order valence-electron chi connectivity index (χ0n) is 20.5. The first-order valence-electron chi connectivity index (χ1n) is 11.4. The summed E-state index contributed by atoms with van der Waals surface area (Å²) in [4.78, 5) is 41.8. The molecule has 2 aromatic carbocycles. The van der Waals surface area contributed by atoms with E-state index in [9.17, 15) is 14.4 Å². The number of amides is 2. The lowest BCUT2D eigenvalue weighted by Gasteiger charge is -2.38. The van der Waals surface area contributed by atoms with Crippen LogP contribution in [-0.2, 0) is 4.79 Å². The first-order chi connectivity index (χ1) is 16.2. The van der Waals surface area contributed by atoms with Crippen LogP contribution in [-0.4, -0.2) is 68.9 Å². The molecule has 0 bridgehead atoms. The van der Waals surface area contributed by atoms with Gasteiger partial charge in [-0.05, 0) is 49.2 Å². The van der Waals surface area contributed by atoms with Crippen LogP contribution < -0.4 is 19.7 Å². The fourth-order valence-corrected chi connectivity index (χ4v) is 3.97. The normalized spacial score (nSPS) is 14.5. The molecule has 0 spiro atoms. The van der Waals surface area contributed by atoms with Gasteiger partial charge >= 0.3 is 0 Å². The largest absolute Gasteiger partial charge is 0.497 e. The van der Waals surface area contributed by atoms with Crippen LogP contribution in [0.5, 0.6) is 11.5 Å². The zero-order valence-corrected chi connectivity index (χ0v) is 20.5. The third kappa shape index (κ3) is 5.87. The lowest BCUT2D eigenvalue weighted by atomic mass is 10.0. The molecule has 34 heavy (non-hydrogen) atoms. The number of benzene rings is 2. The van der Waals surface area contributed by atoms with Crippen molar-refractivity contribution in [3.05, 3.63) is 53.6 Å². The molecule has 0 saturated carbocycles.